The monoisotopic (exact) mass is 592 g/mol. The van der Waals surface area contributed by atoms with Crippen molar-refractivity contribution in [2.24, 2.45) is 0 Å². The molecule has 0 spiro atoms. The summed E-state index contributed by atoms with van der Waals surface area (Å²) in [5.41, 5.74) is 0.706. The Morgan fingerprint density at radius 3 is 1.53 bits per heavy atom. The lowest BCUT2D eigenvalue weighted by Gasteiger charge is -2.09. The zero-order chi connectivity index (χ0) is 30.7. The van der Waals surface area contributed by atoms with Crippen LogP contribution in [-0.2, 0) is 14.3 Å². The third kappa shape index (κ3) is 12.4. The molecule has 0 aromatic heterocycles. The van der Waals surface area contributed by atoms with Gasteiger partial charge in [-0.25, -0.2) is 14.4 Å². The van der Waals surface area contributed by atoms with E-state index in [0.29, 0.717) is 60.6 Å². The van der Waals surface area contributed by atoms with E-state index in [1.165, 1.54) is 24.3 Å². The topological polar surface area (TPSA) is 127 Å². The van der Waals surface area contributed by atoms with Crippen molar-refractivity contribution in [3.05, 3.63) is 96.6 Å². The Morgan fingerprint density at radius 2 is 1.05 bits per heavy atom. The maximum atomic E-state index is 12.5. The molecule has 0 amide bonds. The molecule has 3 aromatic carbocycles. The largest absolute Gasteiger partial charge is 0.494 e. The summed E-state index contributed by atoms with van der Waals surface area (Å²) in [6, 6.07) is 19.3. The zero-order valence-electron chi connectivity index (χ0n) is 23.9. The van der Waals surface area contributed by atoms with Crippen molar-refractivity contribution in [3.63, 3.8) is 0 Å². The molecule has 10 heteroatoms. The van der Waals surface area contributed by atoms with E-state index < -0.39 is 17.9 Å². The van der Waals surface area contributed by atoms with Gasteiger partial charge < -0.3 is 33.5 Å². The minimum absolute atomic E-state index is 0.0421. The first-order valence-electron chi connectivity index (χ1n) is 14.0. The second kappa shape index (κ2) is 18.7. The lowest BCUT2D eigenvalue weighted by Crippen LogP contribution is -2.10. The maximum absolute atomic E-state index is 12.5. The Morgan fingerprint density at radius 1 is 0.581 bits per heavy atom. The number of esters is 3. The van der Waals surface area contributed by atoms with Gasteiger partial charge in [0.1, 0.15) is 29.6 Å². The lowest BCUT2D eigenvalue weighted by atomic mass is 10.2. The number of carbonyl (C=O) groups is 3. The fourth-order valence-corrected chi connectivity index (χ4v) is 3.65. The highest BCUT2D eigenvalue weighted by Gasteiger charge is 2.12. The van der Waals surface area contributed by atoms with Crippen LogP contribution in [0.5, 0.6) is 23.0 Å². The first-order valence-corrected chi connectivity index (χ1v) is 14.0. The van der Waals surface area contributed by atoms with Crippen molar-refractivity contribution in [2.45, 2.75) is 25.7 Å². The van der Waals surface area contributed by atoms with Crippen LogP contribution in [0, 0.1) is 0 Å². The van der Waals surface area contributed by atoms with Gasteiger partial charge in [0.05, 0.1) is 44.2 Å². The quantitative estimate of drug-likeness (QED) is 0.0861. The second-order valence-electron chi connectivity index (χ2n) is 9.12. The minimum atomic E-state index is -0.545. The van der Waals surface area contributed by atoms with Crippen LogP contribution in [0.3, 0.4) is 0 Å². The minimum Gasteiger partial charge on any atom is -0.494 e. The van der Waals surface area contributed by atoms with E-state index >= 15 is 0 Å². The molecular weight excluding hydrogens is 556 g/mol. The van der Waals surface area contributed by atoms with Crippen LogP contribution in [0.2, 0.25) is 0 Å². The lowest BCUT2D eigenvalue weighted by molar-refractivity contribution is -0.137. The van der Waals surface area contributed by atoms with Crippen molar-refractivity contribution in [1.29, 1.82) is 0 Å². The molecule has 0 fully saturated rings. The van der Waals surface area contributed by atoms with Crippen LogP contribution >= 0.6 is 0 Å². The standard InChI is InChI=1S/C33H36O10/c1-2-31(35)41-21-6-4-3-5-20-39-27-11-7-25(8-12-27)32(36)42-29-15-17-30(18-16-29)43-33(37)26-9-13-28(14-10-26)40-24-23-38-22-19-34/h2,7-18,34H,1,3-6,19-24H2. The molecule has 3 aromatic rings. The predicted molar refractivity (Wildman–Crippen MR) is 158 cm³/mol. The van der Waals surface area contributed by atoms with E-state index in [-0.39, 0.29) is 13.2 Å². The van der Waals surface area contributed by atoms with Crippen LogP contribution in [0.25, 0.3) is 0 Å². The van der Waals surface area contributed by atoms with Crippen LogP contribution in [0.1, 0.15) is 46.4 Å². The molecule has 0 aliphatic heterocycles. The highest BCUT2D eigenvalue weighted by Crippen LogP contribution is 2.21. The van der Waals surface area contributed by atoms with Gasteiger partial charge >= 0.3 is 17.9 Å². The van der Waals surface area contributed by atoms with Gasteiger partial charge in [0.25, 0.3) is 0 Å². The van der Waals surface area contributed by atoms with Crippen molar-refractivity contribution in [3.8, 4) is 23.0 Å². The summed E-state index contributed by atoms with van der Waals surface area (Å²) in [5.74, 6) is 0.335. The molecule has 0 saturated carbocycles. The third-order valence-corrected chi connectivity index (χ3v) is 5.88. The molecule has 0 saturated heterocycles. The summed E-state index contributed by atoms with van der Waals surface area (Å²) in [6.45, 7) is 5.16. The molecule has 0 heterocycles. The van der Waals surface area contributed by atoms with Gasteiger partial charge in [-0.15, -0.1) is 0 Å². The normalized spacial score (nSPS) is 10.4. The molecule has 0 radical (unpaired) electrons. The van der Waals surface area contributed by atoms with Crippen LogP contribution in [0.4, 0.5) is 0 Å². The molecule has 0 atom stereocenters. The summed E-state index contributed by atoms with van der Waals surface area (Å²) in [6.07, 6.45) is 4.67. The molecule has 228 valence electrons. The van der Waals surface area contributed by atoms with Crippen LogP contribution < -0.4 is 18.9 Å². The van der Waals surface area contributed by atoms with E-state index in [1.54, 1.807) is 48.5 Å². The molecular formula is C33H36O10. The predicted octanol–water partition coefficient (Wildman–Crippen LogP) is 5.18. The van der Waals surface area contributed by atoms with Gasteiger partial charge in [-0.2, -0.15) is 0 Å². The molecule has 0 aliphatic carbocycles. The number of hydrogen-bond acceptors (Lipinski definition) is 10. The summed E-state index contributed by atoms with van der Waals surface area (Å²) in [5, 5.41) is 8.69. The van der Waals surface area contributed by atoms with Crippen molar-refractivity contribution >= 4 is 17.9 Å². The number of unbranched alkanes of at least 4 members (excludes halogenated alkanes) is 3. The Bertz CT molecular complexity index is 1280. The van der Waals surface area contributed by atoms with Crippen LogP contribution in [-0.4, -0.2) is 62.7 Å². The van der Waals surface area contributed by atoms with E-state index in [9.17, 15) is 14.4 Å². The van der Waals surface area contributed by atoms with Gasteiger partial charge in [0.2, 0.25) is 0 Å². The number of aliphatic hydroxyl groups excluding tert-OH is 1. The van der Waals surface area contributed by atoms with Crippen molar-refractivity contribution in [1.82, 2.24) is 0 Å². The Kier molecular flexibility index (Phi) is 14.3. The van der Waals surface area contributed by atoms with Crippen molar-refractivity contribution < 1.29 is 47.9 Å². The number of hydrogen-bond donors (Lipinski definition) is 1. The molecule has 0 unspecified atom stereocenters. The molecule has 3 rings (SSSR count). The Hall–Kier alpha value is -4.67. The van der Waals surface area contributed by atoms with E-state index in [1.807, 2.05) is 0 Å². The fraction of sp³-hybridized carbons (Fsp3) is 0.303. The molecule has 0 bridgehead atoms. The average Bonchev–Trinajstić information content (AvgIpc) is 3.03. The molecule has 43 heavy (non-hydrogen) atoms. The third-order valence-electron chi connectivity index (χ3n) is 5.88. The molecule has 1 N–H and O–H groups in total. The van der Waals surface area contributed by atoms with E-state index in [4.69, 9.17) is 33.5 Å². The number of ether oxygens (including phenoxy) is 6. The number of rotatable bonds is 19. The summed E-state index contributed by atoms with van der Waals surface area (Å²) >= 11 is 0. The maximum Gasteiger partial charge on any atom is 0.343 e. The highest BCUT2D eigenvalue weighted by atomic mass is 16.5. The summed E-state index contributed by atoms with van der Waals surface area (Å²) < 4.78 is 32.1. The first-order chi connectivity index (χ1) is 21.0. The molecule has 0 aliphatic rings. The summed E-state index contributed by atoms with van der Waals surface area (Å²) in [7, 11) is 0. The number of benzene rings is 3. The first kappa shape index (κ1) is 32.8. The zero-order valence-corrected chi connectivity index (χ0v) is 23.9. The highest BCUT2D eigenvalue weighted by molar-refractivity contribution is 5.92. The van der Waals surface area contributed by atoms with E-state index in [2.05, 4.69) is 6.58 Å². The fourth-order valence-electron chi connectivity index (χ4n) is 3.65. The smallest absolute Gasteiger partial charge is 0.343 e. The van der Waals surface area contributed by atoms with Gasteiger partial charge in [-0.05, 0) is 98.5 Å². The van der Waals surface area contributed by atoms with Gasteiger partial charge in [0, 0.05) is 6.08 Å². The van der Waals surface area contributed by atoms with Crippen LogP contribution in [0.15, 0.2) is 85.5 Å². The Balaban J connectivity index is 1.36. The Labute approximate surface area is 250 Å². The molecule has 10 nitrogen and oxygen atoms in total. The second-order valence-corrected chi connectivity index (χ2v) is 9.12. The van der Waals surface area contributed by atoms with Gasteiger partial charge in [-0.3, -0.25) is 0 Å². The van der Waals surface area contributed by atoms with Gasteiger partial charge in [-0.1, -0.05) is 6.58 Å². The van der Waals surface area contributed by atoms with Crippen molar-refractivity contribution in [2.75, 3.05) is 39.6 Å². The summed E-state index contributed by atoms with van der Waals surface area (Å²) in [4.78, 5) is 36.0. The number of carbonyl (C=O) groups excluding carboxylic acids is 3. The SMILES string of the molecule is C=CC(=O)OCCCCCCOc1ccc(C(=O)Oc2ccc(OC(=O)c3ccc(OCCOCCO)cc3)cc2)cc1. The van der Waals surface area contributed by atoms with E-state index in [0.717, 1.165) is 31.8 Å². The average molecular weight is 593 g/mol. The van der Waals surface area contributed by atoms with Gasteiger partial charge in [0.15, 0.2) is 0 Å². The number of aliphatic hydroxyl groups is 1.